The van der Waals surface area contributed by atoms with Gasteiger partial charge in [0.25, 0.3) is 11.6 Å². The van der Waals surface area contributed by atoms with Gasteiger partial charge >= 0.3 is 5.97 Å². The van der Waals surface area contributed by atoms with Crippen LogP contribution in [0, 0.1) is 15.9 Å². The highest BCUT2D eigenvalue weighted by Gasteiger charge is 2.25. The van der Waals surface area contributed by atoms with Crippen LogP contribution < -0.4 is 5.32 Å². The summed E-state index contributed by atoms with van der Waals surface area (Å²) in [5.41, 5.74) is -0.113. The number of benzene rings is 2. The Morgan fingerprint density at radius 3 is 2.41 bits per heavy atom. The number of carbonyl (C=O) groups excluding carboxylic acids is 2. The summed E-state index contributed by atoms with van der Waals surface area (Å²) >= 11 is 0. The van der Waals surface area contributed by atoms with Crippen LogP contribution in [0.15, 0.2) is 47.4 Å². The maximum absolute atomic E-state index is 13.2. The van der Waals surface area contributed by atoms with E-state index in [2.05, 4.69) is 5.32 Å². The van der Waals surface area contributed by atoms with Crippen molar-refractivity contribution in [3.05, 3.63) is 64.0 Å². The van der Waals surface area contributed by atoms with E-state index in [4.69, 9.17) is 4.74 Å². The molecule has 182 valence electrons. The summed E-state index contributed by atoms with van der Waals surface area (Å²) in [6.45, 7) is 0.358. The van der Waals surface area contributed by atoms with Crippen LogP contribution in [0.25, 0.3) is 0 Å². The first-order valence-electron chi connectivity index (χ1n) is 10.7. The number of sulfonamides is 1. The minimum atomic E-state index is -3.53. The fourth-order valence-electron chi connectivity index (χ4n) is 3.49. The molecular weight excluding hydrogens is 469 g/mol. The molecule has 0 saturated carbocycles. The zero-order valence-electron chi connectivity index (χ0n) is 18.2. The molecule has 1 fully saturated rings. The number of halogens is 1. The van der Waals surface area contributed by atoms with Crippen molar-refractivity contribution in [1.29, 1.82) is 0 Å². The van der Waals surface area contributed by atoms with Gasteiger partial charge in [-0.2, -0.15) is 4.31 Å². The zero-order chi connectivity index (χ0) is 24.7. The molecule has 1 aliphatic heterocycles. The fraction of sp³-hybridized carbons (Fsp3) is 0.364. The molecule has 0 radical (unpaired) electrons. The van der Waals surface area contributed by atoms with E-state index < -0.39 is 44.9 Å². The van der Waals surface area contributed by atoms with Gasteiger partial charge in [0.1, 0.15) is 11.5 Å². The van der Waals surface area contributed by atoms with Crippen LogP contribution in [0.3, 0.4) is 0 Å². The number of piperidine rings is 1. The Balaban J connectivity index is 1.47. The first-order valence-corrected chi connectivity index (χ1v) is 12.1. The Bertz CT molecular complexity index is 1160. The monoisotopic (exact) mass is 493 g/mol. The number of hydrogen-bond acceptors (Lipinski definition) is 7. The molecule has 1 N–H and O–H groups in total. The molecule has 2 aromatic rings. The SMILES string of the molecule is O=C(COC(=O)CCc1ccc(S(=O)(=O)N2CCCCC2)cc1)Nc1ccc(F)cc1[N+](=O)[O-]. The Kier molecular flexibility index (Phi) is 8.29. The van der Waals surface area contributed by atoms with E-state index in [0.717, 1.165) is 37.0 Å². The van der Waals surface area contributed by atoms with Gasteiger partial charge in [-0.15, -0.1) is 0 Å². The quantitative estimate of drug-likeness (QED) is 0.322. The van der Waals surface area contributed by atoms with Crippen molar-refractivity contribution in [1.82, 2.24) is 4.31 Å². The number of aryl methyl sites for hydroxylation is 1. The first-order chi connectivity index (χ1) is 16.2. The molecule has 0 atom stereocenters. The van der Waals surface area contributed by atoms with Crippen LogP contribution >= 0.6 is 0 Å². The van der Waals surface area contributed by atoms with E-state index in [1.165, 1.54) is 16.4 Å². The molecule has 2 aromatic carbocycles. The number of amides is 1. The van der Waals surface area contributed by atoms with Crippen molar-refractivity contribution in [3.8, 4) is 0 Å². The summed E-state index contributed by atoms with van der Waals surface area (Å²) in [5.74, 6) is -2.31. The molecule has 1 aliphatic rings. The summed E-state index contributed by atoms with van der Waals surface area (Å²) in [5, 5.41) is 13.2. The highest BCUT2D eigenvalue weighted by molar-refractivity contribution is 7.89. The third-order valence-corrected chi connectivity index (χ3v) is 7.20. The minimum Gasteiger partial charge on any atom is -0.456 e. The van der Waals surface area contributed by atoms with Gasteiger partial charge in [0.2, 0.25) is 10.0 Å². The van der Waals surface area contributed by atoms with Gasteiger partial charge in [-0.3, -0.25) is 19.7 Å². The molecule has 12 heteroatoms. The third-order valence-electron chi connectivity index (χ3n) is 5.29. The lowest BCUT2D eigenvalue weighted by Crippen LogP contribution is -2.35. The molecule has 0 unspecified atom stereocenters. The average molecular weight is 494 g/mol. The van der Waals surface area contributed by atoms with E-state index in [0.29, 0.717) is 19.2 Å². The maximum Gasteiger partial charge on any atom is 0.306 e. The fourth-order valence-corrected chi connectivity index (χ4v) is 5.01. The largest absolute Gasteiger partial charge is 0.456 e. The average Bonchev–Trinajstić information content (AvgIpc) is 2.83. The van der Waals surface area contributed by atoms with Crippen molar-refractivity contribution in [2.24, 2.45) is 0 Å². The number of esters is 1. The Morgan fingerprint density at radius 2 is 1.76 bits per heavy atom. The highest BCUT2D eigenvalue weighted by Crippen LogP contribution is 2.25. The Morgan fingerprint density at radius 1 is 1.09 bits per heavy atom. The number of rotatable bonds is 9. The first kappa shape index (κ1) is 25.2. The molecule has 0 aliphatic carbocycles. The van der Waals surface area contributed by atoms with Gasteiger partial charge in [-0.05, 0) is 49.1 Å². The molecule has 3 rings (SSSR count). The lowest BCUT2D eigenvalue weighted by Gasteiger charge is -2.25. The van der Waals surface area contributed by atoms with Gasteiger partial charge in [0, 0.05) is 19.5 Å². The van der Waals surface area contributed by atoms with Crippen LogP contribution in [0.4, 0.5) is 15.8 Å². The van der Waals surface area contributed by atoms with Crippen LogP contribution in [0.5, 0.6) is 0 Å². The summed E-state index contributed by atoms with van der Waals surface area (Å²) in [6.07, 6.45) is 2.93. The number of nitro benzene ring substituents is 1. The van der Waals surface area contributed by atoms with Gasteiger partial charge in [-0.25, -0.2) is 12.8 Å². The van der Waals surface area contributed by atoms with Crippen LogP contribution in [-0.4, -0.2) is 49.2 Å². The lowest BCUT2D eigenvalue weighted by molar-refractivity contribution is -0.384. The molecule has 1 heterocycles. The molecule has 0 aromatic heterocycles. The van der Waals surface area contributed by atoms with E-state index in [9.17, 15) is 32.5 Å². The molecular formula is C22H24FN3O7S. The number of hydrogen-bond donors (Lipinski definition) is 1. The van der Waals surface area contributed by atoms with E-state index in [1.807, 2.05) is 0 Å². The highest BCUT2D eigenvalue weighted by atomic mass is 32.2. The van der Waals surface area contributed by atoms with Crippen molar-refractivity contribution in [3.63, 3.8) is 0 Å². The number of carbonyl (C=O) groups is 2. The zero-order valence-corrected chi connectivity index (χ0v) is 19.1. The lowest BCUT2D eigenvalue weighted by atomic mass is 10.1. The van der Waals surface area contributed by atoms with Crippen molar-refractivity contribution < 1.29 is 32.1 Å². The number of nitrogens with zero attached hydrogens (tertiary/aromatic N) is 2. The topological polar surface area (TPSA) is 136 Å². The van der Waals surface area contributed by atoms with E-state index in [1.54, 1.807) is 12.1 Å². The smallest absolute Gasteiger partial charge is 0.306 e. The summed E-state index contributed by atoms with van der Waals surface area (Å²) in [7, 11) is -3.53. The number of nitro groups is 1. The Hall–Kier alpha value is -3.38. The van der Waals surface area contributed by atoms with Crippen LogP contribution in [0.1, 0.15) is 31.2 Å². The summed E-state index contributed by atoms with van der Waals surface area (Å²) < 4.78 is 44.9. The second kappa shape index (κ2) is 11.2. The normalized spacial score (nSPS) is 14.4. The Labute approximate surface area is 195 Å². The third kappa shape index (κ3) is 6.58. The van der Waals surface area contributed by atoms with Gasteiger partial charge in [-0.1, -0.05) is 18.6 Å². The van der Waals surface area contributed by atoms with Gasteiger partial charge in [0.15, 0.2) is 6.61 Å². The molecule has 0 bridgehead atoms. The standard InChI is InChI=1S/C22H24FN3O7S/c23-17-7-10-19(20(14-17)26(29)30)24-21(27)15-33-22(28)11-6-16-4-8-18(9-5-16)34(31,32)25-12-2-1-3-13-25/h4-5,7-10,14H,1-3,6,11-13,15H2,(H,24,27). The van der Waals surface area contributed by atoms with Crippen molar-refractivity contribution in [2.75, 3.05) is 25.0 Å². The molecule has 10 nitrogen and oxygen atoms in total. The molecule has 1 amide bonds. The molecule has 34 heavy (non-hydrogen) atoms. The van der Waals surface area contributed by atoms with Crippen LogP contribution in [0.2, 0.25) is 0 Å². The summed E-state index contributed by atoms with van der Waals surface area (Å²) in [4.78, 5) is 34.2. The predicted molar refractivity (Wildman–Crippen MR) is 120 cm³/mol. The van der Waals surface area contributed by atoms with Crippen molar-refractivity contribution >= 4 is 33.3 Å². The maximum atomic E-state index is 13.2. The predicted octanol–water partition coefficient (Wildman–Crippen LogP) is 3.02. The molecule has 0 spiro atoms. The number of ether oxygens (including phenoxy) is 1. The second-order valence-electron chi connectivity index (χ2n) is 7.74. The second-order valence-corrected chi connectivity index (χ2v) is 9.67. The van der Waals surface area contributed by atoms with Gasteiger partial charge < -0.3 is 10.1 Å². The van der Waals surface area contributed by atoms with Gasteiger partial charge in [0.05, 0.1) is 15.9 Å². The molecule has 1 saturated heterocycles. The summed E-state index contributed by atoms with van der Waals surface area (Å²) in [6, 6.07) is 8.95. The van der Waals surface area contributed by atoms with Crippen molar-refractivity contribution in [2.45, 2.75) is 37.0 Å². The van der Waals surface area contributed by atoms with E-state index in [-0.39, 0.29) is 23.4 Å². The minimum absolute atomic E-state index is 0.0534. The number of nitrogens with one attached hydrogen (secondary N) is 1. The van der Waals surface area contributed by atoms with Crippen LogP contribution in [-0.2, 0) is 30.8 Å². The number of anilines is 1. The van der Waals surface area contributed by atoms with E-state index >= 15 is 0 Å².